The lowest BCUT2D eigenvalue weighted by atomic mass is 10.3. The van der Waals surface area contributed by atoms with Gasteiger partial charge < -0.3 is 10.4 Å². The van der Waals surface area contributed by atoms with Crippen molar-refractivity contribution in [3.63, 3.8) is 0 Å². The Morgan fingerprint density at radius 1 is 1.37 bits per heavy atom. The number of benzene rings is 1. The summed E-state index contributed by atoms with van der Waals surface area (Å²) in [5.41, 5.74) is 0.337. The number of hydrogen-bond acceptors (Lipinski definition) is 4. The lowest BCUT2D eigenvalue weighted by Gasteiger charge is -2.10. The molecule has 1 heterocycles. The molecule has 0 unspecified atom stereocenters. The third kappa shape index (κ3) is 3.66. The quantitative estimate of drug-likeness (QED) is 0.588. The van der Waals surface area contributed by atoms with Gasteiger partial charge in [0.2, 0.25) is 0 Å². The Hall–Kier alpha value is -1.63. The highest BCUT2D eigenvalue weighted by Crippen LogP contribution is 2.26. The average molecular weight is 313 g/mol. The summed E-state index contributed by atoms with van der Waals surface area (Å²) in [6.07, 6.45) is 0. The van der Waals surface area contributed by atoms with Crippen LogP contribution in [0.3, 0.4) is 0 Å². The Morgan fingerprint density at radius 3 is 2.84 bits per heavy atom. The normalized spacial score (nSPS) is 9.95. The van der Waals surface area contributed by atoms with E-state index in [-0.39, 0.29) is 16.8 Å². The van der Waals surface area contributed by atoms with Gasteiger partial charge in [0.15, 0.2) is 5.11 Å². The fourth-order valence-corrected chi connectivity index (χ4v) is 2.33. The number of aromatic hydroxyl groups is 1. The fourth-order valence-electron chi connectivity index (χ4n) is 1.33. The molecule has 0 bridgehead atoms. The SMILES string of the molecule is O=C(NC(=S)Nc1cc(Cl)ccc1O)c1cccs1. The van der Waals surface area contributed by atoms with E-state index in [9.17, 15) is 9.90 Å². The highest BCUT2D eigenvalue weighted by molar-refractivity contribution is 7.80. The minimum atomic E-state index is -0.297. The van der Waals surface area contributed by atoms with Crippen LogP contribution >= 0.6 is 35.2 Å². The summed E-state index contributed by atoms with van der Waals surface area (Å²) in [7, 11) is 0. The number of rotatable bonds is 2. The van der Waals surface area contributed by atoms with Crippen LogP contribution in [0.5, 0.6) is 5.75 Å². The van der Waals surface area contributed by atoms with Crippen molar-refractivity contribution >= 4 is 51.9 Å². The lowest BCUT2D eigenvalue weighted by molar-refractivity contribution is 0.0981. The van der Waals surface area contributed by atoms with Crippen molar-refractivity contribution in [1.82, 2.24) is 5.32 Å². The third-order valence-corrected chi connectivity index (χ3v) is 3.49. The maximum atomic E-state index is 11.7. The van der Waals surface area contributed by atoms with Crippen LogP contribution in [0, 0.1) is 0 Å². The monoisotopic (exact) mass is 312 g/mol. The summed E-state index contributed by atoms with van der Waals surface area (Å²) in [5, 5.41) is 17.2. The van der Waals surface area contributed by atoms with E-state index in [2.05, 4.69) is 10.6 Å². The summed E-state index contributed by atoms with van der Waals surface area (Å²) < 4.78 is 0. The lowest BCUT2D eigenvalue weighted by Crippen LogP contribution is -2.33. The number of amides is 1. The molecule has 2 rings (SSSR count). The Balaban J connectivity index is 2.02. The van der Waals surface area contributed by atoms with Gasteiger partial charge in [-0.05, 0) is 41.9 Å². The van der Waals surface area contributed by atoms with E-state index in [0.29, 0.717) is 15.6 Å². The first-order valence-corrected chi connectivity index (χ1v) is 6.87. The van der Waals surface area contributed by atoms with Crippen molar-refractivity contribution in [3.8, 4) is 5.75 Å². The molecule has 0 spiro atoms. The fraction of sp³-hybridized carbons (Fsp3) is 0. The van der Waals surface area contributed by atoms with E-state index >= 15 is 0 Å². The molecule has 0 aliphatic carbocycles. The maximum absolute atomic E-state index is 11.7. The smallest absolute Gasteiger partial charge is 0.267 e. The molecule has 0 atom stereocenters. The van der Waals surface area contributed by atoms with E-state index in [4.69, 9.17) is 23.8 Å². The first-order chi connectivity index (χ1) is 9.06. The van der Waals surface area contributed by atoms with Crippen molar-refractivity contribution in [2.45, 2.75) is 0 Å². The van der Waals surface area contributed by atoms with Crippen LogP contribution in [0.15, 0.2) is 35.7 Å². The number of halogens is 1. The van der Waals surface area contributed by atoms with Gasteiger partial charge in [0.05, 0.1) is 10.6 Å². The molecule has 4 nitrogen and oxygen atoms in total. The second-order valence-electron chi connectivity index (χ2n) is 3.55. The van der Waals surface area contributed by atoms with Gasteiger partial charge in [-0.15, -0.1) is 11.3 Å². The number of carbonyl (C=O) groups excluding carboxylic acids is 1. The number of thiocarbonyl (C=S) groups is 1. The van der Waals surface area contributed by atoms with Crippen LogP contribution in [0.1, 0.15) is 9.67 Å². The Labute approximate surface area is 124 Å². The Bertz CT molecular complexity index is 614. The first kappa shape index (κ1) is 13.8. The van der Waals surface area contributed by atoms with Gasteiger partial charge in [-0.25, -0.2) is 0 Å². The molecule has 1 aromatic carbocycles. The second kappa shape index (κ2) is 6.01. The number of anilines is 1. The Morgan fingerprint density at radius 2 is 2.16 bits per heavy atom. The zero-order valence-corrected chi connectivity index (χ0v) is 11.9. The van der Waals surface area contributed by atoms with Gasteiger partial charge in [-0.3, -0.25) is 10.1 Å². The largest absolute Gasteiger partial charge is 0.506 e. The van der Waals surface area contributed by atoms with E-state index in [1.807, 2.05) is 0 Å². The minimum Gasteiger partial charge on any atom is -0.506 e. The number of phenols is 1. The molecule has 1 amide bonds. The number of nitrogens with one attached hydrogen (secondary N) is 2. The summed E-state index contributed by atoms with van der Waals surface area (Å²) in [4.78, 5) is 12.3. The molecular formula is C12H9ClN2O2S2. The van der Waals surface area contributed by atoms with E-state index in [0.717, 1.165) is 0 Å². The number of phenolic OH excluding ortho intramolecular Hbond substituents is 1. The zero-order chi connectivity index (χ0) is 13.8. The van der Waals surface area contributed by atoms with Crippen molar-refractivity contribution < 1.29 is 9.90 Å². The second-order valence-corrected chi connectivity index (χ2v) is 5.34. The molecule has 19 heavy (non-hydrogen) atoms. The molecule has 0 saturated heterocycles. The van der Waals surface area contributed by atoms with Crippen molar-refractivity contribution in [2.75, 3.05) is 5.32 Å². The van der Waals surface area contributed by atoms with Crippen molar-refractivity contribution in [2.24, 2.45) is 0 Å². The van der Waals surface area contributed by atoms with E-state index in [1.54, 1.807) is 23.6 Å². The van der Waals surface area contributed by atoms with Gasteiger partial charge in [-0.2, -0.15) is 0 Å². The Kier molecular flexibility index (Phi) is 4.36. The molecule has 0 aliphatic heterocycles. The van der Waals surface area contributed by atoms with Crippen molar-refractivity contribution in [3.05, 3.63) is 45.6 Å². The average Bonchev–Trinajstić information content (AvgIpc) is 2.87. The summed E-state index contributed by atoms with van der Waals surface area (Å²) >= 11 is 12.1. The van der Waals surface area contributed by atoms with Crippen LogP contribution in [0.25, 0.3) is 0 Å². The first-order valence-electron chi connectivity index (χ1n) is 5.20. The topological polar surface area (TPSA) is 61.4 Å². The van der Waals surface area contributed by atoms with E-state index in [1.165, 1.54) is 23.5 Å². The van der Waals surface area contributed by atoms with Crippen LogP contribution in [0.4, 0.5) is 5.69 Å². The molecule has 0 aliphatic rings. The molecular weight excluding hydrogens is 304 g/mol. The number of hydrogen-bond donors (Lipinski definition) is 3. The third-order valence-electron chi connectivity index (χ3n) is 2.18. The molecule has 0 radical (unpaired) electrons. The molecule has 98 valence electrons. The molecule has 1 aromatic heterocycles. The summed E-state index contributed by atoms with van der Waals surface area (Å²) in [6, 6.07) is 7.97. The predicted octanol–water partition coefficient (Wildman–Crippen LogP) is 3.23. The molecule has 7 heteroatoms. The molecule has 3 N–H and O–H groups in total. The highest BCUT2D eigenvalue weighted by Gasteiger charge is 2.10. The van der Waals surface area contributed by atoms with E-state index < -0.39 is 0 Å². The van der Waals surface area contributed by atoms with Gasteiger partial charge >= 0.3 is 0 Å². The number of carbonyl (C=O) groups is 1. The molecule has 0 fully saturated rings. The molecule has 0 saturated carbocycles. The van der Waals surface area contributed by atoms with Gasteiger partial charge in [0, 0.05) is 5.02 Å². The molecule has 2 aromatic rings. The maximum Gasteiger partial charge on any atom is 0.267 e. The predicted molar refractivity (Wildman–Crippen MR) is 81.1 cm³/mol. The van der Waals surface area contributed by atoms with Gasteiger partial charge in [0.1, 0.15) is 5.75 Å². The van der Waals surface area contributed by atoms with Crippen LogP contribution in [0.2, 0.25) is 5.02 Å². The van der Waals surface area contributed by atoms with Crippen LogP contribution in [-0.2, 0) is 0 Å². The van der Waals surface area contributed by atoms with Crippen molar-refractivity contribution in [1.29, 1.82) is 0 Å². The standard InChI is InChI=1S/C12H9ClN2O2S2/c13-7-3-4-9(16)8(6-7)14-12(18)15-11(17)10-2-1-5-19-10/h1-6,16H,(H2,14,15,17,18). The number of thiophene rings is 1. The summed E-state index contributed by atoms with van der Waals surface area (Å²) in [5.74, 6) is -0.300. The minimum absolute atomic E-state index is 0.00266. The highest BCUT2D eigenvalue weighted by atomic mass is 35.5. The summed E-state index contributed by atoms with van der Waals surface area (Å²) in [6.45, 7) is 0. The van der Waals surface area contributed by atoms with Gasteiger partial charge in [0.25, 0.3) is 5.91 Å². The van der Waals surface area contributed by atoms with Crippen LogP contribution < -0.4 is 10.6 Å². The van der Waals surface area contributed by atoms with Gasteiger partial charge in [-0.1, -0.05) is 17.7 Å². The van der Waals surface area contributed by atoms with Crippen LogP contribution in [-0.4, -0.2) is 16.1 Å². The zero-order valence-electron chi connectivity index (χ0n) is 9.51.